The second-order valence-corrected chi connectivity index (χ2v) is 7.34. The minimum Gasteiger partial charge on any atom is -0.337 e. The molecule has 28 heavy (non-hydrogen) atoms. The quantitative estimate of drug-likeness (QED) is 0.774. The van der Waals surface area contributed by atoms with Gasteiger partial charge in [0.2, 0.25) is 0 Å². The summed E-state index contributed by atoms with van der Waals surface area (Å²) in [7, 11) is 0. The van der Waals surface area contributed by atoms with Gasteiger partial charge in [0.1, 0.15) is 0 Å². The van der Waals surface area contributed by atoms with Gasteiger partial charge in [0.25, 0.3) is 11.8 Å². The lowest BCUT2D eigenvalue weighted by atomic mass is 10.1. The van der Waals surface area contributed by atoms with Crippen molar-refractivity contribution >= 4 is 35.8 Å². The van der Waals surface area contributed by atoms with Crippen molar-refractivity contribution in [1.29, 1.82) is 0 Å². The van der Waals surface area contributed by atoms with Crippen molar-refractivity contribution in [2.75, 3.05) is 32.7 Å². The molecule has 4 rings (SSSR count). The van der Waals surface area contributed by atoms with Gasteiger partial charge < -0.3 is 15.1 Å². The molecule has 9 heteroatoms. The predicted octanol–water partition coefficient (Wildman–Crippen LogP) is 2.12. The van der Waals surface area contributed by atoms with Crippen LogP contribution < -0.4 is 5.32 Å². The molecule has 150 valence electrons. The molecule has 0 spiro atoms. The molecular formula is C19H23Cl2N5O2. The number of fused-ring (bicyclic) bond motifs is 1. The van der Waals surface area contributed by atoms with Gasteiger partial charge >= 0.3 is 0 Å². The van der Waals surface area contributed by atoms with Gasteiger partial charge in [-0.05, 0) is 30.7 Å². The van der Waals surface area contributed by atoms with Gasteiger partial charge in [-0.15, -0.1) is 12.4 Å². The van der Waals surface area contributed by atoms with Crippen LogP contribution in [0.2, 0.25) is 5.02 Å². The number of carbonyl (C=O) groups is 2. The third-order valence-electron chi connectivity index (χ3n) is 5.17. The summed E-state index contributed by atoms with van der Waals surface area (Å²) in [6.45, 7) is 3.84. The second-order valence-electron chi connectivity index (χ2n) is 6.90. The van der Waals surface area contributed by atoms with Crippen molar-refractivity contribution in [1.82, 2.24) is 25.3 Å². The minimum absolute atomic E-state index is 0. The molecule has 2 aliphatic heterocycles. The summed E-state index contributed by atoms with van der Waals surface area (Å²) in [5, 5.41) is 11.2. The molecule has 1 aromatic carbocycles. The van der Waals surface area contributed by atoms with E-state index in [0.717, 1.165) is 30.6 Å². The van der Waals surface area contributed by atoms with Crippen molar-refractivity contribution in [3.63, 3.8) is 0 Å². The van der Waals surface area contributed by atoms with E-state index in [1.165, 1.54) is 0 Å². The number of hydrogen-bond donors (Lipinski definition) is 2. The van der Waals surface area contributed by atoms with E-state index in [1.807, 2.05) is 0 Å². The SMILES string of the molecule is Cl.O=C(c1ccc(Cl)cc1)N1CCCN(C(=O)c2n[nH]c3c2CNCC3)CC1. The molecule has 1 aromatic heterocycles. The van der Waals surface area contributed by atoms with Gasteiger partial charge in [-0.3, -0.25) is 14.7 Å². The second kappa shape index (κ2) is 8.94. The molecule has 1 saturated heterocycles. The minimum atomic E-state index is -0.0583. The summed E-state index contributed by atoms with van der Waals surface area (Å²) in [5.74, 6) is -0.0840. The third-order valence-corrected chi connectivity index (χ3v) is 5.42. The maximum atomic E-state index is 13.0. The predicted molar refractivity (Wildman–Crippen MR) is 109 cm³/mol. The maximum Gasteiger partial charge on any atom is 0.274 e. The molecule has 0 bridgehead atoms. The van der Waals surface area contributed by atoms with E-state index in [1.54, 1.807) is 34.1 Å². The zero-order valence-corrected chi connectivity index (χ0v) is 17.0. The summed E-state index contributed by atoms with van der Waals surface area (Å²) in [4.78, 5) is 29.3. The Bertz CT molecular complexity index is 853. The number of benzene rings is 1. The van der Waals surface area contributed by atoms with Crippen LogP contribution in [0.25, 0.3) is 0 Å². The van der Waals surface area contributed by atoms with Crippen molar-refractivity contribution in [2.24, 2.45) is 0 Å². The van der Waals surface area contributed by atoms with Crippen molar-refractivity contribution in [2.45, 2.75) is 19.4 Å². The Labute approximate surface area is 174 Å². The Balaban J connectivity index is 0.00000225. The summed E-state index contributed by atoms with van der Waals surface area (Å²) in [6, 6.07) is 6.91. The highest BCUT2D eigenvalue weighted by Gasteiger charge is 2.28. The van der Waals surface area contributed by atoms with Crippen LogP contribution in [0.5, 0.6) is 0 Å². The van der Waals surface area contributed by atoms with Crippen LogP contribution in [0, 0.1) is 0 Å². The summed E-state index contributed by atoms with van der Waals surface area (Å²) >= 11 is 5.90. The molecule has 2 amide bonds. The number of aromatic amines is 1. The number of hydrogen-bond acceptors (Lipinski definition) is 4. The maximum absolute atomic E-state index is 13.0. The molecule has 0 unspecified atom stereocenters. The zero-order valence-electron chi connectivity index (χ0n) is 15.4. The molecule has 1 fully saturated rings. The van der Waals surface area contributed by atoms with Crippen molar-refractivity contribution < 1.29 is 9.59 Å². The Kier molecular flexibility index (Phi) is 6.59. The molecule has 0 atom stereocenters. The largest absolute Gasteiger partial charge is 0.337 e. The summed E-state index contributed by atoms with van der Waals surface area (Å²) in [6.07, 6.45) is 1.61. The van der Waals surface area contributed by atoms with Crippen LogP contribution in [0.3, 0.4) is 0 Å². The highest BCUT2D eigenvalue weighted by Crippen LogP contribution is 2.19. The molecular weight excluding hydrogens is 401 g/mol. The van der Waals surface area contributed by atoms with E-state index in [-0.39, 0.29) is 24.2 Å². The molecule has 2 N–H and O–H groups in total. The molecule has 0 aliphatic carbocycles. The smallest absolute Gasteiger partial charge is 0.274 e. The number of amides is 2. The highest BCUT2D eigenvalue weighted by atomic mass is 35.5. The Morgan fingerprint density at radius 1 is 1.00 bits per heavy atom. The number of aromatic nitrogens is 2. The van der Waals surface area contributed by atoms with Crippen LogP contribution >= 0.6 is 24.0 Å². The summed E-state index contributed by atoms with van der Waals surface area (Å²) < 4.78 is 0. The molecule has 7 nitrogen and oxygen atoms in total. The van der Waals surface area contributed by atoms with Crippen molar-refractivity contribution in [3.8, 4) is 0 Å². The first-order valence-corrected chi connectivity index (χ1v) is 9.62. The Morgan fingerprint density at radius 2 is 1.68 bits per heavy atom. The fraction of sp³-hybridized carbons (Fsp3) is 0.421. The molecule has 2 aromatic rings. The van der Waals surface area contributed by atoms with E-state index in [0.29, 0.717) is 49.0 Å². The van der Waals surface area contributed by atoms with Gasteiger partial charge in [-0.25, -0.2) is 0 Å². The topological polar surface area (TPSA) is 81.3 Å². The average Bonchev–Trinajstić information content (AvgIpc) is 2.96. The molecule has 0 radical (unpaired) electrons. The zero-order chi connectivity index (χ0) is 18.8. The Morgan fingerprint density at radius 3 is 2.39 bits per heavy atom. The van der Waals surface area contributed by atoms with E-state index >= 15 is 0 Å². The first kappa shape index (κ1) is 20.6. The number of H-pyrrole nitrogens is 1. The normalized spacial score (nSPS) is 16.8. The number of nitrogens with one attached hydrogen (secondary N) is 2. The number of nitrogens with zero attached hydrogens (tertiary/aromatic N) is 3. The van der Waals surface area contributed by atoms with Gasteiger partial charge in [0.05, 0.1) is 0 Å². The molecule has 0 saturated carbocycles. The van der Waals surface area contributed by atoms with E-state index < -0.39 is 0 Å². The van der Waals surface area contributed by atoms with Crippen LogP contribution in [-0.2, 0) is 13.0 Å². The molecule has 2 aliphatic rings. The van der Waals surface area contributed by atoms with Gasteiger partial charge in [-0.2, -0.15) is 5.10 Å². The van der Waals surface area contributed by atoms with E-state index in [9.17, 15) is 9.59 Å². The lowest BCUT2D eigenvalue weighted by Crippen LogP contribution is -2.38. The number of halogens is 2. The van der Waals surface area contributed by atoms with Gasteiger partial charge in [-0.1, -0.05) is 11.6 Å². The highest BCUT2D eigenvalue weighted by molar-refractivity contribution is 6.30. The molecule has 3 heterocycles. The van der Waals surface area contributed by atoms with Crippen LogP contribution in [-0.4, -0.2) is 64.5 Å². The fourth-order valence-corrected chi connectivity index (χ4v) is 3.78. The first-order chi connectivity index (χ1) is 13.1. The lowest BCUT2D eigenvalue weighted by Gasteiger charge is -2.22. The van der Waals surface area contributed by atoms with Crippen molar-refractivity contribution in [3.05, 3.63) is 51.8 Å². The van der Waals surface area contributed by atoms with Gasteiger partial charge in [0.15, 0.2) is 5.69 Å². The van der Waals surface area contributed by atoms with Gasteiger partial charge in [0, 0.05) is 67.5 Å². The first-order valence-electron chi connectivity index (χ1n) is 9.24. The fourth-order valence-electron chi connectivity index (χ4n) is 3.65. The monoisotopic (exact) mass is 423 g/mol. The van der Waals surface area contributed by atoms with Crippen LogP contribution in [0.1, 0.15) is 38.5 Å². The van der Waals surface area contributed by atoms with Crippen LogP contribution in [0.4, 0.5) is 0 Å². The van der Waals surface area contributed by atoms with E-state index in [2.05, 4.69) is 15.5 Å². The number of carbonyl (C=O) groups excluding carboxylic acids is 2. The summed E-state index contributed by atoms with van der Waals surface area (Å²) in [5.41, 5.74) is 3.15. The standard InChI is InChI=1S/C19H22ClN5O2.ClH/c20-14-4-2-13(3-5-14)18(26)24-8-1-9-25(11-10-24)19(27)17-15-12-21-7-6-16(15)22-23-17;/h2-5,21H,1,6-12H2,(H,22,23);1H. The number of rotatable bonds is 2. The average molecular weight is 424 g/mol. The van der Waals surface area contributed by atoms with E-state index in [4.69, 9.17) is 11.6 Å². The van der Waals surface area contributed by atoms with Crippen LogP contribution in [0.15, 0.2) is 24.3 Å². The lowest BCUT2D eigenvalue weighted by molar-refractivity contribution is 0.0715. The third kappa shape index (κ3) is 4.16. The Hall–Kier alpha value is -2.09.